The standard InChI is InChI=1S/C14H15N5O4/c1-3-18-7-10(12(17-18)13(15)20)16-14(21)9-5-4-6-11(8(9)2)19(22)23/h4-7H,3H2,1-2H3,(H2,15,20)(H,16,21). The lowest BCUT2D eigenvalue weighted by Crippen LogP contribution is -2.18. The van der Waals surface area contributed by atoms with Crippen molar-refractivity contribution in [1.82, 2.24) is 9.78 Å². The minimum Gasteiger partial charge on any atom is -0.364 e. The van der Waals surface area contributed by atoms with E-state index in [0.717, 1.165) is 0 Å². The van der Waals surface area contributed by atoms with Crippen molar-refractivity contribution in [3.8, 4) is 0 Å². The Morgan fingerprint density at radius 1 is 1.43 bits per heavy atom. The van der Waals surface area contributed by atoms with E-state index in [1.165, 1.54) is 36.0 Å². The average molecular weight is 317 g/mol. The van der Waals surface area contributed by atoms with Crippen LogP contribution in [0.3, 0.4) is 0 Å². The molecule has 1 aromatic heterocycles. The van der Waals surface area contributed by atoms with Gasteiger partial charge in [-0.3, -0.25) is 24.4 Å². The molecular weight excluding hydrogens is 302 g/mol. The number of aryl methyl sites for hydroxylation is 1. The molecule has 0 aliphatic heterocycles. The second kappa shape index (κ2) is 6.26. The number of carbonyl (C=O) groups excluding carboxylic acids is 2. The van der Waals surface area contributed by atoms with Crippen LogP contribution in [0.4, 0.5) is 11.4 Å². The molecule has 1 heterocycles. The Morgan fingerprint density at radius 2 is 2.13 bits per heavy atom. The summed E-state index contributed by atoms with van der Waals surface area (Å²) >= 11 is 0. The number of amides is 2. The summed E-state index contributed by atoms with van der Waals surface area (Å²) in [6, 6.07) is 4.20. The number of carbonyl (C=O) groups is 2. The SMILES string of the molecule is CCn1cc(NC(=O)c2cccc([N+](=O)[O-])c2C)c(C(N)=O)n1. The van der Waals surface area contributed by atoms with Crippen molar-refractivity contribution in [3.63, 3.8) is 0 Å². The van der Waals surface area contributed by atoms with Gasteiger partial charge in [-0.05, 0) is 19.9 Å². The number of nitrogens with zero attached hydrogens (tertiary/aromatic N) is 3. The van der Waals surface area contributed by atoms with Gasteiger partial charge in [-0.25, -0.2) is 0 Å². The zero-order valence-corrected chi connectivity index (χ0v) is 12.6. The summed E-state index contributed by atoms with van der Waals surface area (Å²) in [4.78, 5) is 34.1. The van der Waals surface area contributed by atoms with Gasteiger partial charge in [0.1, 0.15) is 0 Å². The highest BCUT2D eigenvalue weighted by molar-refractivity contribution is 6.09. The van der Waals surface area contributed by atoms with Crippen LogP contribution in [0.2, 0.25) is 0 Å². The Morgan fingerprint density at radius 3 is 2.70 bits per heavy atom. The van der Waals surface area contributed by atoms with E-state index in [9.17, 15) is 19.7 Å². The summed E-state index contributed by atoms with van der Waals surface area (Å²) in [7, 11) is 0. The van der Waals surface area contributed by atoms with Crippen molar-refractivity contribution in [2.75, 3.05) is 5.32 Å². The van der Waals surface area contributed by atoms with Crippen LogP contribution in [0.25, 0.3) is 0 Å². The molecule has 2 rings (SSSR count). The second-order valence-corrected chi connectivity index (χ2v) is 4.77. The minimum atomic E-state index is -0.775. The van der Waals surface area contributed by atoms with Crippen molar-refractivity contribution >= 4 is 23.2 Å². The van der Waals surface area contributed by atoms with Crippen LogP contribution in [0.15, 0.2) is 24.4 Å². The molecule has 0 fully saturated rings. The highest BCUT2D eigenvalue weighted by Gasteiger charge is 2.21. The van der Waals surface area contributed by atoms with Crippen LogP contribution in [-0.2, 0) is 6.54 Å². The van der Waals surface area contributed by atoms with Gasteiger partial charge in [-0.15, -0.1) is 0 Å². The maximum atomic E-state index is 12.4. The number of hydrogen-bond donors (Lipinski definition) is 2. The van der Waals surface area contributed by atoms with Gasteiger partial charge in [-0.1, -0.05) is 6.07 Å². The first-order valence-corrected chi connectivity index (χ1v) is 6.77. The van der Waals surface area contributed by atoms with Crippen molar-refractivity contribution in [1.29, 1.82) is 0 Å². The molecule has 0 saturated carbocycles. The third kappa shape index (κ3) is 3.18. The molecule has 9 heteroatoms. The molecule has 120 valence electrons. The van der Waals surface area contributed by atoms with Gasteiger partial charge < -0.3 is 11.1 Å². The zero-order valence-electron chi connectivity index (χ0n) is 12.6. The number of rotatable bonds is 5. The third-order valence-electron chi connectivity index (χ3n) is 3.31. The lowest BCUT2D eigenvalue weighted by molar-refractivity contribution is -0.385. The quantitative estimate of drug-likeness (QED) is 0.636. The minimum absolute atomic E-state index is 0.0664. The van der Waals surface area contributed by atoms with Gasteiger partial charge in [0.05, 0.1) is 10.6 Å². The van der Waals surface area contributed by atoms with Crippen LogP contribution in [-0.4, -0.2) is 26.5 Å². The van der Waals surface area contributed by atoms with Gasteiger partial charge in [0.2, 0.25) is 0 Å². The van der Waals surface area contributed by atoms with Crippen LogP contribution in [0.5, 0.6) is 0 Å². The molecule has 1 aromatic carbocycles. The largest absolute Gasteiger partial charge is 0.364 e. The van der Waals surface area contributed by atoms with Crippen molar-refractivity contribution < 1.29 is 14.5 Å². The predicted octanol–water partition coefficient (Wildman–Crippen LogP) is 1.47. The van der Waals surface area contributed by atoms with E-state index in [4.69, 9.17) is 5.73 Å². The number of primary amides is 1. The molecular formula is C14H15N5O4. The Labute approximate surface area is 131 Å². The smallest absolute Gasteiger partial charge is 0.273 e. The summed E-state index contributed by atoms with van der Waals surface area (Å²) in [5.74, 6) is -1.35. The van der Waals surface area contributed by atoms with Crippen molar-refractivity contribution in [2.24, 2.45) is 5.73 Å². The first-order valence-electron chi connectivity index (χ1n) is 6.77. The van der Waals surface area contributed by atoms with E-state index in [-0.39, 0.29) is 28.2 Å². The number of benzene rings is 1. The molecule has 0 unspecified atom stereocenters. The second-order valence-electron chi connectivity index (χ2n) is 4.77. The van der Waals surface area contributed by atoms with Crippen molar-refractivity contribution in [3.05, 3.63) is 51.3 Å². The number of nitrogens with two attached hydrogens (primary N) is 1. The molecule has 2 amide bonds. The molecule has 0 bridgehead atoms. The fourth-order valence-electron chi connectivity index (χ4n) is 2.11. The first-order chi connectivity index (χ1) is 10.8. The van der Waals surface area contributed by atoms with E-state index in [2.05, 4.69) is 10.4 Å². The van der Waals surface area contributed by atoms with Gasteiger partial charge >= 0.3 is 0 Å². The Bertz CT molecular complexity index is 796. The predicted molar refractivity (Wildman–Crippen MR) is 82.2 cm³/mol. The van der Waals surface area contributed by atoms with E-state index in [1.807, 2.05) is 6.92 Å². The van der Waals surface area contributed by atoms with Gasteiger partial charge in [0.25, 0.3) is 17.5 Å². The maximum absolute atomic E-state index is 12.4. The normalized spacial score (nSPS) is 10.3. The van der Waals surface area contributed by atoms with Crippen LogP contribution < -0.4 is 11.1 Å². The first kappa shape index (κ1) is 16.1. The number of nitro benzene ring substituents is 1. The number of hydrogen-bond acceptors (Lipinski definition) is 5. The van der Waals surface area contributed by atoms with Gasteiger partial charge in [0.15, 0.2) is 5.69 Å². The maximum Gasteiger partial charge on any atom is 0.273 e. The number of nitrogens with one attached hydrogen (secondary N) is 1. The van der Waals surface area contributed by atoms with Crippen molar-refractivity contribution in [2.45, 2.75) is 20.4 Å². The highest BCUT2D eigenvalue weighted by Crippen LogP contribution is 2.22. The molecule has 0 aliphatic rings. The summed E-state index contributed by atoms with van der Waals surface area (Å²) in [5, 5.41) is 17.4. The van der Waals surface area contributed by atoms with Gasteiger partial charge in [-0.2, -0.15) is 5.10 Å². The van der Waals surface area contributed by atoms with E-state index >= 15 is 0 Å². The summed E-state index contributed by atoms with van der Waals surface area (Å²) in [6.45, 7) is 3.79. The molecule has 0 aliphatic carbocycles. The Balaban J connectivity index is 2.37. The molecule has 0 saturated heterocycles. The fraction of sp³-hybridized carbons (Fsp3) is 0.214. The molecule has 23 heavy (non-hydrogen) atoms. The molecule has 0 atom stereocenters. The van der Waals surface area contributed by atoms with Crippen LogP contribution in [0, 0.1) is 17.0 Å². The topological polar surface area (TPSA) is 133 Å². The summed E-state index contributed by atoms with van der Waals surface area (Å²) in [5.41, 5.74) is 5.55. The molecule has 0 radical (unpaired) electrons. The van der Waals surface area contributed by atoms with E-state index in [1.54, 1.807) is 0 Å². The number of nitro groups is 1. The van der Waals surface area contributed by atoms with Gasteiger partial charge in [0, 0.05) is 29.9 Å². The monoisotopic (exact) mass is 317 g/mol. The lowest BCUT2D eigenvalue weighted by Gasteiger charge is -2.07. The summed E-state index contributed by atoms with van der Waals surface area (Å²) < 4.78 is 1.45. The molecule has 9 nitrogen and oxygen atoms in total. The summed E-state index contributed by atoms with van der Waals surface area (Å²) in [6.07, 6.45) is 1.48. The highest BCUT2D eigenvalue weighted by atomic mass is 16.6. The van der Waals surface area contributed by atoms with E-state index in [0.29, 0.717) is 6.54 Å². The van der Waals surface area contributed by atoms with Crippen LogP contribution >= 0.6 is 0 Å². The molecule has 0 spiro atoms. The average Bonchev–Trinajstić information content (AvgIpc) is 2.90. The number of anilines is 1. The molecule has 3 N–H and O–H groups in total. The fourth-order valence-corrected chi connectivity index (χ4v) is 2.11. The molecule has 2 aromatic rings. The van der Waals surface area contributed by atoms with E-state index < -0.39 is 16.7 Å². The Hall–Kier alpha value is -3.23. The lowest BCUT2D eigenvalue weighted by atomic mass is 10.1. The Kier molecular flexibility index (Phi) is 4.39. The third-order valence-corrected chi connectivity index (χ3v) is 3.31. The zero-order chi connectivity index (χ0) is 17.1. The van der Waals surface area contributed by atoms with Crippen LogP contribution in [0.1, 0.15) is 33.3 Å². The number of aromatic nitrogens is 2.